The van der Waals surface area contributed by atoms with E-state index in [1.807, 2.05) is 18.2 Å². The minimum Gasteiger partial charge on any atom is -0.465 e. The number of carbonyl (C=O) groups excluding carboxylic acids is 3. The molecule has 27 heavy (non-hydrogen) atoms. The standard InChI is InChI=1S/C20H18N2O5/c1-26-19(24)14-8-6-13(7-9-14)10-22-18(23)12-27-20(25)16-11-21-17-5-3-2-4-15(16)17/h2-9,11,21H,10,12H2,1H3,(H,22,23). The third-order valence-corrected chi connectivity index (χ3v) is 4.01. The summed E-state index contributed by atoms with van der Waals surface area (Å²) in [6.07, 6.45) is 1.56. The first-order valence-corrected chi connectivity index (χ1v) is 8.25. The second-order valence-electron chi connectivity index (χ2n) is 5.79. The highest BCUT2D eigenvalue weighted by Gasteiger charge is 2.14. The van der Waals surface area contributed by atoms with Crippen LogP contribution in [0.5, 0.6) is 0 Å². The van der Waals surface area contributed by atoms with Crippen LogP contribution in [0.2, 0.25) is 0 Å². The summed E-state index contributed by atoms with van der Waals surface area (Å²) in [7, 11) is 1.31. The Hall–Kier alpha value is -3.61. The third kappa shape index (κ3) is 4.33. The van der Waals surface area contributed by atoms with Gasteiger partial charge in [0.15, 0.2) is 6.61 Å². The molecule has 0 bridgehead atoms. The van der Waals surface area contributed by atoms with Gasteiger partial charge < -0.3 is 19.8 Å². The number of carbonyl (C=O) groups is 3. The quantitative estimate of drug-likeness (QED) is 0.653. The van der Waals surface area contributed by atoms with E-state index in [9.17, 15) is 14.4 Å². The highest BCUT2D eigenvalue weighted by Crippen LogP contribution is 2.18. The molecule has 0 spiro atoms. The van der Waals surface area contributed by atoms with Crippen molar-refractivity contribution in [3.8, 4) is 0 Å². The van der Waals surface area contributed by atoms with Crippen LogP contribution in [-0.4, -0.2) is 36.5 Å². The molecule has 3 rings (SSSR count). The molecule has 7 nitrogen and oxygen atoms in total. The van der Waals surface area contributed by atoms with E-state index in [-0.39, 0.29) is 13.2 Å². The number of fused-ring (bicyclic) bond motifs is 1. The molecule has 0 atom stereocenters. The lowest BCUT2D eigenvalue weighted by Gasteiger charge is -2.07. The number of hydrogen-bond donors (Lipinski definition) is 2. The number of benzene rings is 2. The van der Waals surface area contributed by atoms with Crippen LogP contribution in [0.4, 0.5) is 0 Å². The van der Waals surface area contributed by atoms with E-state index in [4.69, 9.17) is 4.74 Å². The van der Waals surface area contributed by atoms with Gasteiger partial charge in [-0.2, -0.15) is 0 Å². The predicted molar refractivity (Wildman–Crippen MR) is 98.2 cm³/mol. The van der Waals surface area contributed by atoms with E-state index in [0.717, 1.165) is 16.5 Å². The van der Waals surface area contributed by atoms with Gasteiger partial charge in [-0.15, -0.1) is 0 Å². The van der Waals surface area contributed by atoms with Crippen molar-refractivity contribution in [1.29, 1.82) is 0 Å². The zero-order chi connectivity index (χ0) is 19.2. The van der Waals surface area contributed by atoms with Crippen LogP contribution in [-0.2, 0) is 20.8 Å². The maximum atomic E-state index is 12.2. The molecule has 0 radical (unpaired) electrons. The van der Waals surface area contributed by atoms with Crippen molar-refractivity contribution in [2.24, 2.45) is 0 Å². The highest BCUT2D eigenvalue weighted by molar-refractivity contribution is 6.04. The van der Waals surface area contributed by atoms with Crippen molar-refractivity contribution in [2.45, 2.75) is 6.54 Å². The molecule has 0 aliphatic carbocycles. The maximum absolute atomic E-state index is 12.2. The number of ether oxygens (including phenoxy) is 2. The molecular formula is C20H18N2O5. The summed E-state index contributed by atoms with van der Waals surface area (Å²) in [6, 6.07) is 14.0. The second kappa shape index (κ2) is 8.18. The van der Waals surface area contributed by atoms with Crippen LogP contribution >= 0.6 is 0 Å². The molecule has 0 saturated carbocycles. The minimum absolute atomic E-state index is 0.255. The largest absolute Gasteiger partial charge is 0.465 e. The van der Waals surface area contributed by atoms with Gasteiger partial charge in [-0.25, -0.2) is 9.59 Å². The van der Waals surface area contributed by atoms with E-state index in [1.54, 1.807) is 36.5 Å². The molecule has 0 fully saturated rings. The molecule has 0 aliphatic rings. The molecule has 3 aromatic rings. The SMILES string of the molecule is COC(=O)c1ccc(CNC(=O)COC(=O)c2c[nH]c3ccccc23)cc1. The van der Waals surface area contributed by atoms with Crippen molar-refractivity contribution >= 4 is 28.7 Å². The first-order chi connectivity index (χ1) is 13.1. The van der Waals surface area contributed by atoms with Gasteiger partial charge >= 0.3 is 11.9 Å². The van der Waals surface area contributed by atoms with Crippen molar-refractivity contribution in [3.05, 3.63) is 71.4 Å². The fraction of sp³-hybridized carbons (Fsp3) is 0.150. The topological polar surface area (TPSA) is 97.5 Å². The first kappa shape index (κ1) is 18.2. The number of esters is 2. The number of rotatable bonds is 6. The summed E-state index contributed by atoms with van der Waals surface area (Å²) in [4.78, 5) is 38.4. The normalized spacial score (nSPS) is 10.4. The molecule has 0 unspecified atom stereocenters. The zero-order valence-corrected chi connectivity index (χ0v) is 14.7. The molecular weight excluding hydrogens is 348 g/mol. The van der Waals surface area contributed by atoms with Crippen LogP contribution in [0, 0.1) is 0 Å². The smallest absolute Gasteiger partial charge is 0.340 e. The summed E-state index contributed by atoms with van der Waals surface area (Å²) in [5, 5.41) is 3.40. The van der Waals surface area contributed by atoms with E-state index in [0.29, 0.717) is 11.1 Å². The van der Waals surface area contributed by atoms with E-state index < -0.39 is 17.8 Å². The molecule has 138 valence electrons. The third-order valence-electron chi connectivity index (χ3n) is 4.01. The van der Waals surface area contributed by atoms with E-state index in [2.05, 4.69) is 15.0 Å². The summed E-state index contributed by atoms with van der Waals surface area (Å²) < 4.78 is 9.70. The average Bonchev–Trinajstić information content (AvgIpc) is 3.14. The van der Waals surface area contributed by atoms with Gasteiger partial charge in [0.2, 0.25) is 0 Å². The Kier molecular flexibility index (Phi) is 5.51. The number of aromatic nitrogens is 1. The molecule has 7 heteroatoms. The Morgan fingerprint density at radius 2 is 1.74 bits per heavy atom. The van der Waals surface area contributed by atoms with E-state index >= 15 is 0 Å². The number of amides is 1. The van der Waals surface area contributed by atoms with Gasteiger partial charge in [0.05, 0.1) is 18.2 Å². The average molecular weight is 366 g/mol. The minimum atomic E-state index is -0.565. The number of methoxy groups -OCH3 is 1. The molecule has 1 heterocycles. The van der Waals surface area contributed by atoms with Crippen molar-refractivity contribution in [3.63, 3.8) is 0 Å². The number of para-hydroxylation sites is 1. The van der Waals surface area contributed by atoms with Crippen molar-refractivity contribution in [2.75, 3.05) is 13.7 Å². The Morgan fingerprint density at radius 1 is 1.00 bits per heavy atom. The van der Waals surface area contributed by atoms with Gasteiger partial charge in [-0.1, -0.05) is 30.3 Å². The molecule has 2 N–H and O–H groups in total. The number of hydrogen-bond acceptors (Lipinski definition) is 5. The molecule has 0 saturated heterocycles. The Labute approximate surface area is 155 Å². The zero-order valence-electron chi connectivity index (χ0n) is 14.7. The van der Waals surface area contributed by atoms with Crippen molar-refractivity contribution < 1.29 is 23.9 Å². The first-order valence-electron chi connectivity index (χ1n) is 8.25. The molecule has 0 aliphatic heterocycles. The van der Waals surface area contributed by atoms with E-state index in [1.165, 1.54) is 7.11 Å². The van der Waals surface area contributed by atoms with Crippen LogP contribution in [0.25, 0.3) is 10.9 Å². The van der Waals surface area contributed by atoms with Crippen molar-refractivity contribution in [1.82, 2.24) is 10.3 Å². The fourth-order valence-electron chi connectivity index (χ4n) is 2.58. The Balaban J connectivity index is 1.49. The van der Waals surface area contributed by atoms with Crippen LogP contribution in [0.1, 0.15) is 26.3 Å². The number of aromatic amines is 1. The molecule has 1 aromatic heterocycles. The van der Waals surface area contributed by atoms with Gasteiger partial charge in [0.1, 0.15) is 0 Å². The predicted octanol–water partition coefficient (Wildman–Crippen LogP) is 2.43. The fourth-order valence-corrected chi connectivity index (χ4v) is 2.58. The number of nitrogens with one attached hydrogen (secondary N) is 2. The van der Waals surface area contributed by atoms with Crippen LogP contribution in [0.15, 0.2) is 54.7 Å². The maximum Gasteiger partial charge on any atom is 0.340 e. The monoisotopic (exact) mass is 366 g/mol. The van der Waals surface area contributed by atoms with Gasteiger partial charge in [0.25, 0.3) is 5.91 Å². The van der Waals surface area contributed by atoms with Gasteiger partial charge in [-0.3, -0.25) is 4.79 Å². The van der Waals surface area contributed by atoms with Crippen LogP contribution in [0.3, 0.4) is 0 Å². The molecule has 1 amide bonds. The lowest BCUT2D eigenvalue weighted by atomic mass is 10.1. The number of H-pyrrole nitrogens is 1. The summed E-state index contributed by atoms with van der Waals surface area (Å²) in [5.74, 6) is -1.40. The summed E-state index contributed by atoms with van der Waals surface area (Å²) in [6.45, 7) is -0.122. The lowest BCUT2D eigenvalue weighted by molar-refractivity contribution is -0.124. The second-order valence-corrected chi connectivity index (χ2v) is 5.79. The molecule has 2 aromatic carbocycles. The van der Waals surface area contributed by atoms with Gasteiger partial charge in [-0.05, 0) is 23.8 Å². The summed E-state index contributed by atoms with van der Waals surface area (Å²) >= 11 is 0. The summed E-state index contributed by atoms with van der Waals surface area (Å²) in [5.41, 5.74) is 2.44. The van der Waals surface area contributed by atoms with Gasteiger partial charge in [0, 0.05) is 23.6 Å². The Morgan fingerprint density at radius 3 is 2.48 bits per heavy atom. The van der Waals surface area contributed by atoms with Crippen LogP contribution < -0.4 is 5.32 Å². The lowest BCUT2D eigenvalue weighted by Crippen LogP contribution is -2.28. The highest BCUT2D eigenvalue weighted by atomic mass is 16.5. The Bertz CT molecular complexity index is 975.